The molecule has 0 aromatic heterocycles. The number of fused-ring (bicyclic) bond motifs is 1. The van der Waals surface area contributed by atoms with Crippen molar-refractivity contribution in [3.8, 4) is 0 Å². The first-order valence-corrected chi connectivity index (χ1v) is 5.51. The van der Waals surface area contributed by atoms with Crippen molar-refractivity contribution in [2.24, 2.45) is 11.5 Å². The van der Waals surface area contributed by atoms with Crippen molar-refractivity contribution >= 4 is 10.8 Å². The molecule has 4 N–H and O–H groups in total. The van der Waals surface area contributed by atoms with Crippen LogP contribution in [-0.2, 0) is 0 Å². The molecule has 0 saturated heterocycles. The molecular formula is C14H18N2. The fraction of sp³-hybridized carbons (Fsp3) is 0.286. The van der Waals surface area contributed by atoms with Gasteiger partial charge in [-0.1, -0.05) is 36.4 Å². The third-order valence-corrected chi connectivity index (χ3v) is 2.93. The molecule has 16 heavy (non-hydrogen) atoms. The maximum atomic E-state index is 6.14. The van der Waals surface area contributed by atoms with E-state index in [1.807, 2.05) is 26.0 Å². The Labute approximate surface area is 96.3 Å². The highest BCUT2D eigenvalue weighted by Crippen LogP contribution is 2.24. The fourth-order valence-corrected chi connectivity index (χ4v) is 1.83. The summed E-state index contributed by atoms with van der Waals surface area (Å²) in [4.78, 5) is 0. The van der Waals surface area contributed by atoms with Crippen molar-refractivity contribution in [1.29, 1.82) is 0 Å². The summed E-state index contributed by atoms with van der Waals surface area (Å²) in [6.45, 7) is 3.90. The Bertz CT molecular complexity index is 497. The molecule has 0 aliphatic rings. The number of nitrogens with two attached hydrogens (primary N) is 2. The standard InChI is InChI=1S/C14H18N2/c1-14(2,16)13(15)12-8-7-10-5-3-4-6-11(10)9-12/h3-9,13H,15-16H2,1-2H3. The van der Waals surface area contributed by atoms with Crippen molar-refractivity contribution in [2.75, 3.05) is 0 Å². The van der Waals surface area contributed by atoms with Crippen LogP contribution in [0.3, 0.4) is 0 Å². The molecule has 1 atom stereocenters. The molecule has 0 heterocycles. The van der Waals surface area contributed by atoms with Crippen molar-refractivity contribution in [2.45, 2.75) is 25.4 Å². The summed E-state index contributed by atoms with van der Waals surface area (Å²) in [6.07, 6.45) is 0. The zero-order valence-corrected chi connectivity index (χ0v) is 9.77. The van der Waals surface area contributed by atoms with Gasteiger partial charge in [0.2, 0.25) is 0 Å². The molecule has 0 fully saturated rings. The number of hydrogen-bond donors (Lipinski definition) is 2. The van der Waals surface area contributed by atoms with E-state index in [4.69, 9.17) is 11.5 Å². The number of hydrogen-bond acceptors (Lipinski definition) is 2. The van der Waals surface area contributed by atoms with Gasteiger partial charge in [-0.15, -0.1) is 0 Å². The van der Waals surface area contributed by atoms with Crippen LogP contribution in [0.4, 0.5) is 0 Å². The van der Waals surface area contributed by atoms with E-state index in [1.165, 1.54) is 10.8 Å². The molecule has 2 heteroatoms. The van der Waals surface area contributed by atoms with Crippen LogP contribution in [-0.4, -0.2) is 5.54 Å². The average Bonchev–Trinajstić information content (AvgIpc) is 2.26. The van der Waals surface area contributed by atoms with Gasteiger partial charge < -0.3 is 11.5 Å². The normalized spacial score (nSPS) is 14.0. The van der Waals surface area contributed by atoms with E-state index in [0.29, 0.717) is 0 Å². The van der Waals surface area contributed by atoms with Gasteiger partial charge in [-0.05, 0) is 36.2 Å². The smallest absolute Gasteiger partial charge is 0.0472 e. The highest BCUT2D eigenvalue weighted by atomic mass is 14.8. The van der Waals surface area contributed by atoms with E-state index >= 15 is 0 Å². The first-order valence-electron chi connectivity index (χ1n) is 5.51. The van der Waals surface area contributed by atoms with Crippen molar-refractivity contribution in [1.82, 2.24) is 0 Å². The molecule has 2 rings (SSSR count). The van der Waals surface area contributed by atoms with E-state index in [2.05, 4.69) is 30.3 Å². The van der Waals surface area contributed by atoms with Crippen LogP contribution in [0.15, 0.2) is 42.5 Å². The van der Waals surface area contributed by atoms with Crippen LogP contribution >= 0.6 is 0 Å². The summed E-state index contributed by atoms with van der Waals surface area (Å²) < 4.78 is 0. The fourth-order valence-electron chi connectivity index (χ4n) is 1.83. The summed E-state index contributed by atoms with van der Waals surface area (Å²) in [7, 11) is 0. The zero-order chi connectivity index (χ0) is 11.8. The van der Waals surface area contributed by atoms with Gasteiger partial charge in [0.15, 0.2) is 0 Å². The average molecular weight is 214 g/mol. The first-order chi connectivity index (χ1) is 7.48. The van der Waals surface area contributed by atoms with E-state index < -0.39 is 5.54 Å². The Morgan fingerprint density at radius 1 is 1.00 bits per heavy atom. The van der Waals surface area contributed by atoms with Crippen LogP contribution in [0.1, 0.15) is 25.5 Å². The lowest BCUT2D eigenvalue weighted by molar-refractivity contribution is 0.420. The van der Waals surface area contributed by atoms with Gasteiger partial charge in [-0.25, -0.2) is 0 Å². The van der Waals surface area contributed by atoms with Crippen LogP contribution < -0.4 is 11.5 Å². The van der Waals surface area contributed by atoms with Crippen LogP contribution in [0.25, 0.3) is 10.8 Å². The first kappa shape index (κ1) is 11.1. The molecule has 0 bridgehead atoms. The maximum Gasteiger partial charge on any atom is 0.0472 e. The van der Waals surface area contributed by atoms with Crippen molar-refractivity contribution in [3.05, 3.63) is 48.0 Å². The third kappa shape index (κ3) is 2.08. The molecule has 0 amide bonds. The van der Waals surface area contributed by atoms with Gasteiger partial charge in [0, 0.05) is 11.6 Å². The molecule has 0 aliphatic heterocycles. The van der Waals surface area contributed by atoms with Gasteiger partial charge in [-0.3, -0.25) is 0 Å². The summed E-state index contributed by atoms with van der Waals surface area (Å²) in [5.41, 5.74) is 12.9. The van der Waals surface area contributed by atoms with E-state index in [9.17, 15) is 0 Å². The summed E-state index contributed by atoms with van der Waals surface area (Å²) in [5.74, 6) is 0. The lowest BCUT2D eigenvalue weighted by Gasteiger charge is -2.27. The minimum atomic E-state index is -0.400. The zero-order valence-electron chi connectivity index (χ0n) is 9.77. The minimum Gasteiger partial charge on any atom is -0.324 e. The molecule has 2 aromatic carbocycles. The Morgan fingerprint density at radius 3 is 2.25 bits per heavy atom. The Kier molecular flexibility index (Phi) is 2.70. The summed E-state index contributed by atoms with van der Waals surface area (Å²) >= 11 is 0. The summed E-state index contributed by atoms with van der Waals surface area (Å²) in [6, 6.07) is 14.4. The Hall–Kier alpha value is -1.38. The van der Waals surface area contributed by atoms with Crippen molar-refractivity contribution < 1.29 is 0 Å². The predicted molar refractivity (Wildman–Crippen MR) is 69.1 cm³/mol. The van der Waals surface area contributed by atoms with Gasteiger partial charge >= 0.3 is 0 Å². The predicted octanol–water partition coefficient (Wildman–Crippen LogP) is 2.58. The van der Waals surface area contributed by atoms with E-state index in [-0.39, 0.29) is 6.04 Å². The molecule has 2 nitrogen and oxygen atoms in total. The number of rotatable bonds is 2. The lowest BCUT2D eigenvalue weighted by Crippen LogP contribution is -2.43. The second-order valence-corrected chi connectivity index (χ2v) is 4.91. The molecule has 0 spiro atoms. The molecule has 1 unspecified atom stereocenters. The topological polar surface area (TPSA) is 52.0 Å². The van der Waals surface area contributed by atoms with Gasteiger partial charge in [0.05, 0.1) is 0 Å². The Morgan fingerprint density at radius 2 is 1.62 bits per heavy atom. The largest absolute Gasteiger partial charge is 0.324 e. The SMILES string of the molecule is CC(C)(N)C(N)c1ccc2ccccc2c1. The van der Waals surface area contributed by atoms with Crippen molar-refractivity contribution in [3.63, 3.8) is 0 Å². The molecular weight excluding hydrogens is 196 g/mol. The monoisotopic (exact) mass is 214 g/mol. The summed E-state index contributed by atoms with van der Waals surface area (Å²) in [5, 5.41) is 2.44. The highest BCUT2D eigenvalue weighted by molar-refractivity contribution is 5.83. The van der Waals surface area contributed by atoms with Gasteiger partial charge in [0.1, 0.15) is 0 Å². The van der Waals surface area contributed by atoms with Gasteiger partial charge in [-0.2, -0.15) is 0 Å². The molecule has 0 radical (unpaired) electrons. The van der Waals surface area contributed by atoms with Gasteiger partial charge in [0.25, 0.3) is 0 Å². The highest BCUT2D eigenvalue weighted by Gasteiger charge is 2.22. The molecule has 84 valence electrons. The van der Waals surface area contributed by atoms with E-state index in [1.54, 1.807) is 0 Å². The second kappa shape index (κ2) is 3.89. The molecule has 0 saturated carbocycles. The van der Waals surface area contributed by atoms with Crippen LogP contribution in [0, 0.1) is 0 Å². The molecule has 0 aliphatic carbocycles. The second-order valence-electron chi connectivity index (χ2n) is 4.91. The Balaban J connectivity index is 2.47. The van der Waals surface area contributed by atoms with Crippen LogP contribution in [0.5, 0.6) is 0 Å². The lowest BCUT2D eigenvalue weighted by atomic mass is 9.89. The van der Waals surface area contributed by atoms with Crippen LogP contribution in [0.2, 0.25) is 0 Å². The van der Waals surface area contributed by atoms with E-state index in [0.717, 1.165) is 5.56 Å². The molecule has 2 aromatic rings. The number of benzene rings is 2. The third-order valence-electron chi connectivity index (χ3n) is 2.93. The quantitative estimate of drug-likeness (QED) is 0.807. The maximum absolute atomic E-state index is 6.14. The minimum absolute atomic E-state index is 0.142.